The summed E-state index contributed by atoms with van der Waals surface area (Å²) in [5.74, 6) is -2.84. The molecule has 1 aliphatic heterocycles. The fraction of sp³-hybridized carbons (Fsp3) is 0.306. The minimum Gasteiger partial charge on any atom is -0.480 e. The number of carbonyl (C=O) groups is 5. The first-order valence-corrected chi connectivity index (χ1v) is 17.8. The molecule has 3 atom stereocenters. The van der Waals surface area contributed by atoms with E-state index in [1.54, 1.807) is 48.5 Å². The van der Waals surface area contributed by atoms with Gasteiger partial charge in [0.1, 0.15) is 31.3 Å². The molecule has 0 aromatic heterocycles. The van der Waals surface area contributed by atoms with Crippen LogP contribution in [0.2, 0.25) is 0 Å². The highest BCUT2D eigenvalue weighted by atomic mass is 32.2. The Morgan fingerprint density at radius 3 is 1.86 bits per heavy atom. The minimum atomic E-state index is -2.90. The van der Waals surface area contributed by atoms with Crippen molar-refractivity contribution in [1.82, 2.24) is 20.9 Å². The maximum Gasteiger partial charge on any atom is 0.407 e. The van der Waals surface area contributed by atoms with E-state index in [1.165, 1.54) is 4.90 Å². The van der Waals surface area contributed by atoms with Crippen LogP contribution in [0.25, 0.3) is 0 Å². The number of carboxylic acid groups (broad SMARTS) is 1. The van der Waals surface area contributed by atoms with Gasteiger partial charge in [-0.3, -0.25) is 14.4 Å². The summed E-state index contributed by atoms with van der Waals surface area (Å²) in [7, 11) is -2.90. The van der Waals surface area contributed by atoms with Crippen LogP contribution in [0.3, 0.4) is 0 Å². The first kappa shape index (κ1) is 38.9. The molecule has 0 bridgehead atoms. The summed E-state index contributed by atoms with van der Waals surface area (Å²) < 4.78 is 24.9. The molecule has 0 saturated carbocycles. The standard InChI is InChI=1S/C33H36N4O7.C3H6O2S/c38-29(21-34-33(43)44-22-25-15-8-3-9-16-25)37-18-10-17-28(37)31(40)35-26(19-23-11-4-1-5-12-23)30(39)36-27(32(41)42)20-24-13-6-2-7-14-24;1-3-6(2,4)5/h1-9,11-16,26-28H,10,17-22H2,(H,34,43)(H,35,40)(H,36,39)(H,41,42);3H,1H2,2H3/t26-,27-,28-;/m0./s1. The predicted molar refractivity (Wildman–Crippen MR) is 186 cm³/mol. The average Bonchev–Trinajstić information content (AvgIpc) is 3.61. The number of ether oxygens (including phenoxy) is 1. The molecule has 1 fully saturated rings. The van der Waals surface area contributed by atoms with Crippen LogP contribution in [-0.4, -0.2) is 85.7 Å². The molecule has 13 nitrogen and oxygen atoms in total. The third-order valence-corrected chi connectivity index (χ3v) is 8.19. The Hall–Kier alpha value is -5.50. The SMILES string of the molecule is C=CS(C)(=O)=O.O=C(NCC(=O)N1CCC[C@H]1C(=O)N[C@@H](Cc1ccccc1)C(=O)N[C@@H](Cc1ccccc1)C(=O)O)OCc1ccccc1. The van der Waals surface area contributed by atoms with Crippen LogP contribution in [0.1, 0.15) is 29.5 Å². The number of hydrogen-bond donors (Lipinski definition) is 4. The Morgan fingerprint density at radius 1 is 0.860 bits per heavy atom. The normalized spacial score (nSPS) is 14.9. The zero-order valence-corrected chi connectivity index (χ0v) is 28.5. The number of sulfone groups is 1. The van der Waals surface area contributed by atoms with E-state index < -0.39 is 57.7 Å². The van der Waals surface area contributed by atoms with Gasteiger partial charge in [0.15, 0.2) is 9.84 Å². The number of carbonyl (C=O) groups excluding carboxylic acids is 4. The number of aliphatic carboxylic acids is 1. The van der Waals surface area contributed by atoms with Gasteiger partial charge < -0.3 is 30.7 Å². The Bertz CT molecular complexity index is 1690. The largest absolute Gasteiger partial charge is 0.480 e. The zero-order valence-electron chi connectivity index (χ0n) is 27.7. The number of carboxylic acids is 1. The molecule has 50 heavy (non-hydrogen) atoms. The summed E-state index contributed by atoms with van der Waals surface area (Å²) in [6.45, 7) is 3.05. The van der Waals surface area contributed by atoms with Gasteiger partial charge >= 0.3 is 12.1 Å². The summed E-state index contributed by atoms with van der Waals surface area (Å²) in [5.41, 5.74) is 2.30. The minimum absolute atomic E-state index is 0.0502. The molecule has 0 unspecified atom stereocenters. The van der Waals surface area contributed by atoms with Crippen LogP contribution in [0.5, 0.6) is 0 Å². The van der Waals surface area contributed by atoms with Crippen LogP contribution in [0, 0.1) is 0 Å². The second-order valence-corrected chi connectivity index (χ2v) is 13.5. The van der Waals surface area contributed by atoms with Crippen LogP contribution in [-0.2, 0) is 53.2 Å². The lowest BCUT2D eigenvalue weighted by atomic mass is 10.0. The predicted octanol–water partition coefficient (Wildman–Crippen LogP) is 2.62. The molecule has 4 N–H and O–H groups in total. The van der Waals surface area contributed by atoms with Crippen molar-refractivity contribution in [2.24, 2.45) is 0 Å². The van der Waals surface area contributed by atoms with E-state index in [0.717, 1.165) is 28.4 Å². The fourth-order valence-electron chi connectivity index (χ4n) is 5.01. The van der Waals surface area contributed by atoms with E-state index in [-0.39, 0.29) is 26.0 Å². The lowest BCUT2D eigenvalue weighted by molar-refractivity contribution is -0.142. The van der Waals surface area contributed by atoms with Gasteiger partial charge in [-0.1, -0.05) is 97.6 Å². The molecule has 266 valence electrons. The number of benzene rings is 3. The first-order chi connectivity index (χ1) is 23.9. The topological polar surface area (TPSA) is 188 Å². The second kappa shape index (κ2) is 19.5. The maximum atomic E-state index is 13.5. The lowest BCUT2D eigenvalue weighted by Crippen LogP contribution is -2.56. The quantitative estimate of drug-likeness (QED) is 0.195. The summed E-state index contributed by atoms with van der Waals surface area (Å²) in [4.78, 5) is 65.4. The van der Waals surface area contributed by atoms with E-state index in [0.29, 0.717) is 19.4 Å². The van der Waals surface area contributed by atoms with E-state index in [2.05, 4.69) is 22.5 Å². The summed E-state index contributed by atoms with van der Waals surface area (Å²) in [5, 5.41) is 18.5. The van der Waals surface area contributed by atoms with Gasteiger partial charge in [-0.25, -0.2) is 18.0 Å². The Labute approximate surface area is 291 Å². The van der Waals surface area contributed by atoms with Crippen molar-refractivity contribution < 1.29 is 42.2 Å². The number of nitrogens with one attached hydrogen (secondary N) is 3. The van der Waals surface area contributed by atoms with Crippen molar-refractivity contribution >= 4 is 39.6 Å². The van der Waals surface area contributed by atoms with Crippen molar-refractivity contribution in [3.8, 4) is 0 Å². The summed E-state index contributed by atoms with van der Waals surface area (Å²) >= 11 is 0. The molecule has 14 heteroatoms. The molecule has 1 aliphatic rings. The van der Waals surface area contributed by atoms with Crippen LogP contribution < -0.4 is 16.0 Å². The molecule has 1 heterocycles. The summed E-state index contributed by atoms with van der Waals surface area (Å²) in [6, 6.07) is 23.9. The van der Waals surface area contributed by atoms with Crippen molar-refractivity contribution in [3.63, 3.8) is 0 Å². The lowest BCUT2D eigenvalue weighted by Gasteiger charge is -2.27. The number of rotatable bonds is 14. The van der Waals surface area contributed by atoms with Crippen molar-refractivity contribution in [3.05, 3.63) is 120 Å². The molecule has 3 aromatic rings. The molecule has 4 rings (SSSR count). The summed E-state index contributed by atoms with van der Waals surface area (Å²) in [6.07, 6.45) is 1.47. The van der Waals surface area contributed by atoms with Gasteiger partial charge in [-0.15, -0.1) is 0 Å². The van der Waals surface area contributed by atoms with E-state index in [4.69, 9.17) is 4.74 Å². The van der Waals surface area contributed by atoms with Gasteiger partial charge in [-0.2, -0.15) is 0 Å². The smallest absolute Gasteiger partial charge is 0.407 e. The van der Waals surface area contributed by atoms with E-state index >= 15 is 0 Å². The number of hydrogen-bond acceptors (Lipinski definition) is 8. The van der Waals surface area contributed by atoms with Crippen LogP contribution >= 0.6 is 0 Å². The first-order valence-electron chi connectivity index (χ1n) is 15.8. The molecular weight excluding hydrogens is 664 g/mol. The van der Waals surface area contributed by atoms with Crippen molar-refractivity contribution in [1.29, 1.82) is 0 Å². The second-order valence-electron chi connectivity index (χ2n) is 11.5. The molecule has 0 radical (unpaired) electrons. The Balaban J connectivity index is 0.00000103. The van der Waals surface area contributed by atoms with Crippen molar-refractivity contribution in [2.75, 3.05) is 19.3 Å². The number of amides is 4. The fourth-order valence-corrected chi connectivity index (χ4v) is 5.01. The van der Waals surface area contributed by atoms with Gasteiger partial charge in [0.05, 0.1) is 0 Å². The maximum absolute atomic E-state index is 13.5. The molecule has 1 saturated heterocycles. The van der Waals surface area contributed by atoms with Crippen LogP contribution in [0.15, 0.2) is 103 Å². The van der Waals surface area contributed by atoms with Gasteiger partial charge in [-0.05, 0) is 29.5 Å². The Kier molecular flexibility index (Phi) is 15.2. The number of likely N-dealkylation sites (tertiary alicyclic amines) is 1. The van der Waals surface area contributed by atoms with Gasteiger partial charge in [0, 0.05) is 31.1 Å². The average molecular weight is 707 g/mol. The molecule has 0 aliphatic carbocycles. The molecular formula is C36H42N4O9S. The third kappa shape index (κ3) is 13.5. The number of nitrogens with zero attached hydrogens (tertiary/aromatic N) is 1. The van der Waals surface area contributed by atoms with E-state index in [9.17, 15) is 37.5 Å². The molecule has 3 aromatic carbocycles. The molecule has 4 amide bonds. The monoisotopic (exact) mass is 706 g/mol. The highest BCUT2D eigenvalue weighted by Crippen LogP contribution is 2.18. The van der Waals surface area contributed by atoms with E-state index in [1.807, 2.05) is 42.5 Å². The Morgan fingerprint density at radius 2 is 1.36 bits per heavy atom. The van der Waals surface area contributed by atoms with Crippen LogP contribution in [0.4, 0.5) is 4.79 Å². The highest BCUT2D eigenvalue weighted by molar-refractivity contribution is 7.93. The highest BCUT2D eigenvalue weighted by Gasteiger charge is 2.36. The third-order valence-electron chi connectivity index (χ3n) is 7.59. The van der Waals surface area contributed by atoms with Gasteiger partial charge in [0.2, 0.25) is 17.7 Å². The molecule has 0 spiro atoms. The van der Waals surface area contributed by atoms with Gasteiger partial charge in [0.25, 0.3) is 0 Å². The number of alkyl carbamates (subject to hydrolysis) is 1. The zero-order chi connectivity index (χ0) is 36.5. The van der Waals surface area contributed by atoms with Crippen molar-refractivity contribution in [2.45, 2.75) is 50.4 Å².